The smallest absolute Gasteiger partial charge is 0.226 e. The summed E-state index contributed by atoms with van der Waals surface area (Å²) in [6.07, 6.45) is 0.191. The Morgan fingerprint density at radius 3 is 2.44 bits per heavy atom. The van der Waals surface area contributed by atoms with Crippen molar-refractivity contribution in [2.24, 2.45) is 0 Å². The summed E-state index contributed by atoms with van der Waals surface area (Å²) >= 11 is 0. The molecule has 2 amide bonds. The van der Waals surface area contributed by atoms with Crippen molar-refractivity contribution in [2.75, 3.05) is 16.8 Å². The maximum atomic E-state index is 12.4. The maximum absolute atomic E-state index is 12.4. The Morgan fingerprint density at radius 1 is 1.11 bits per heavy atom. The summed E-state index contributed by atoms with van der Waals surface area (Å²) in [5.41, 5.74) is 3.64. The molecule has 0 aliphatic rings. The number of carbonyl (C=O) groups is 2. The highest BCUT2D eigenvalue weighted by molar-refractivity contribution is 5.96. The van der Waals surface area contributed by atoms with Gasteiger partial charge in [0.2, 0.25) is 11.8 Å². The molecule has 1 N–H and O–H groups in total. The van der Waals surface area contributed by atoms with Crippen molar-refractivity contribution in [3.05, 3.63) is 53.6 Å². The quantitative estimate of drug-likeness (QED) is 0.784. The van der Waals surface area contributed by atoms with Crippen molar-refractivity contribution in [1.82, 2.24) is 0 Å². The molecule has 0 radical (unpaired) electrons. The van der Waals surface area contributed by atoms with Crippen LogP contribution in [0.2, 0.25) is 0 Å². The Balaban J connectivity index is 2.09. The van der Waals surface area contributed by atoms with Crippen molar-refractivity contribution in [2.45, 2.75) is 47.1 Å². The van der Waals surface area contributed by atoms with E-state index in [1.165, 1.54) is 6.92 Å². The number of nitrogens with one attached hydrogen (secondary N) is 1. The molecule has 0 aromatic heterocycles. The van der Waals surface area contributed by atoms with Gasteiger partial charge in [0.05, 0.1) is 11.8 Å². The summed E-state index contributed by atoms with van der Waals surface area (Å²) in [5.74, 6) is 0.377. The second kappa shape index (κ2) is 9.21. The van der Waals surface area contributed by atoms with Crippen LogP contribution in [-0.4, -0.2) is 24.5 Å². The van der Waals surface area contributed by atoms with E-state index in [1.54, 1.807) is 4.90 Å². The molecular formula is C22H28N2O3. The molecule has 2 aromatic rings. The van der Waals surface area contributed by atoms with Gasteiger partial charge in [-0.05, 0) is 51.5 Å². The lowest BCUT2D eigenvalue weighted by Crippen LogP contribution is -2.32. The molecule has 144 valence electrons. The number of rotatable bonds is 7. The summed E-state index contributed by atoms with van der Waals surface area (Å²) < 4.78 is 5.81. The van der Waals surface area contributed by atoms with E-state index in [-0.39, 0.29) is 30.9 Å². The zero-order valence-corrected chi connectivity index (χ0v) is 16.7. The molecule has 2 aromatic carbocycles. The second-order valence-corrected chi connectivity index (χ2v) is 6.92. The minimum atomic E-state index is -0.130. The molecule has 0 atom stereocenters. The lowest BCUT2D eigenvalue weighted by Gasteiger charge is -2.24. The molecule has 5 heteroatoms. The van der Waals surface area contributed by atoms with Gasteiger partial charge in [0.25, 0.3) is 0 Å². The Labute approximate surface area is 161 Å². The highest BCUT2D eigenvalue weighted by Gasteiger charge is 2.18. The van der Waals surface area contributed by atoms with Gasteiger partial charge >= 0.3 is 0 Å². The van der Waals surface area contributed by atoms with E-state index < -0.39 is 0 Å². The molecule has 0 fully saturated rings. The lowest BCUT2D eigenvalue weighted by molar-refractivity contribution is -0.117. The van der Waals surface area contributed by atoms with Gasteiger partial charge in [-0.1, -0.05) is 29.8 Å². The van der Waals surface area contributed by atoms with Crippen molar-refractivity contribution in [3.8, 4) is 5.75 Å². The van der Waals surface area contributed by atoms with Gasteiger partial charge < -0.3 is 15.0 Å². The van der Waals surface area contributed by atoms with Crippen LogP contribution >= 0.6 is 0 Å². The van der Waals surface area contributed by atoms with Crippen LogP contribution in [0.4, 0.5) is 11.4 Å². The monoisotopic (exact) mass is 368 g/mol. The molecule has 5 nitrogen and oxygen atoms in total. The first-order chi connectivity index (χ1) is 12.8. The number of benzene rings is 2. The molecule has 27 heavy (non-hydrogen) atoms. The summed E-state index contributed by atoms with van der Waals surface area (Å²) in [6, 6.07) is 13.3. The lowest BCUT2D eigenvalue weighted by atomic mass is 10.1. The van der Waals surface area contributed by atoms with Crippen LogP contribution in [0.5, 0.6) is 5.75 Å². The number of para-hydroxylation sites is 2. The highest BCUT2D eigenvalue weighted by Crippen LogP contribution is 2.29. The average molecular weight is 368 g/mol. The number of ether oxygens (including phenoxy) is 1. The minimum Gasteiger partial charge on any atom is -0.489 e. The third kappa shape index (κ3) is 5.84. The van der Waals surface area contributed by atoms with E-state index in [2.05, 4.69) is 5.32 Å². The summed E-state index contributed by atoms with van der Waals surface area (Å²) in [7, 11) is 0. The van der Waals surface area contributed by atoms with Crippen LogP contribution < -0.4 is 15.0 Å². The van der Waals surface area contributed by atoms with Gasteiger partial charge in [-0.3, -0.25) is 9.59 Å². The van der Waals surface area contributed by atoms with E-state index in [4.69, 9.17) is 4.74 Å². The first-order valence-electron chi connectivity index (χ1n) is 9.19. The Hall–Kier alpha value is -2.82. The molecule has 0 heterocycles. The molecule has 0 aliphatic carbocycles. The van der Waals surface area contributed by atoms with Crippen LogP contribution in [-0.2, 0) is 9.59 Å². The number of anilines is 2. The van der Waals surface area contributed by atoms with E-state index >= 15 is 0 Å². The van der Waals surface area contributed by atoms with Crippen molar-refractivity contribution in [1.29, 1.82) is 0 Å². The first kappa shape index (κ1) is 20.5. The average Bonchev–Trinajstić information content (AvgIpc) is 2.58. The fourth-order valence-corrected chi connectivity index (χ4v) is 2.86. The molecule has 0 spiro atoms. The molecule has 0 unspecified atom stereocenters. The van der Waals surface area contributed by atoms with Crippen LogP contribution in [0.3, 0.4) is 0 Å². The predicted octanol–water partition coefficient (Wildman–Crippen LogP) is 4.47. The fraction of sp³-hybridized carbons (Fsp3) is 0.364. The Bertz CT molecular complexity index is 815. The van der Waals surface area contributed by atoms with Crippen LogP contribution in [0.25, 0.3) is 0 Å². The zero-order chi connectivity index (χ0) is 20.0. The maximum Gasteiger partial charge on any atom is 0.226 e. The number of nitrogens with zero attached hydrogens (tertiary/aromatic N) is 1. The summed E-state index contributed by atoms with van der Waals surface area (Å²) in [4.78, 5) is 26.2. The van der Waals surface area contributed by atoms with E-state index in [0.717, 1.165) is 16.8 Å². The Kier molecular flexibility index (Phi) is 6.99. The minimum absolute atomic E-state index is 0.00670. The first-order valence-corrected chi connectivity index (χ1v) is 9.19. The van der Waals surface area contributed by atoms with Gasteiger partial charge in [-0.2, -0.15) is 0 Å². The molecule has 2 rings (SSSR count). The molecular weight excluding hydrogens is 340 g/mol. The normalized spacial score (nSPS) is 10.6. The highest BCUT2D eigenvalue weighted by atomic mass is 16.5. The van der Waals surface area contributed by atoms with Crippen molar-refractivity contribution in [3.63, 3.8) is 0 Å². The van der Waals surface area contributed by atoms with Gasteiger partial charge in [0, 0.05) is 25.6 Å². The Morgan fingerprint density at radius 2 is 1.81 bits per heavy atom. The third-order valence-electron chi connectivity index (χ3n) is 4.12. The largest absolute Gasteiger partial charge is 0.489 e. The molecule has 0 saturated heterocycles. The molecule has 0 aliphatic heterocycles. The van der Waals surface area contributed by atoms with E-state index in [9.17, 15) is 9.59 Å². The van der Waals surface area contributed by atoms with E-state index in [0.29, 0.717) is 11.4 Å². The van der Waals surface area contributed by atoms with Crippen LogP contribution in [0.1, 0.15) is 38.3 Å². The topological polar surface area (TPSA) is 58.6 Å². The van der Waals surface area contributed by atoms with Crippen LogP contribution in [0.15, 0.2) is 42.5 Å². The standard InChI is InChI=1S/C22H28N2O3/c1-15(2)27-21-9-7-6-8-20(21)24(18(5)25)13-12-22(26)23-19-11-10-16(3)14-17(19)4/h6-11,14-15H,12-13H2,1-5H3,(H,23,26). The zero-order valence-electron chi connectivity index (χ0n) is 16.7. The van der Waals surface area contributed by atoms with Crippen LogP contribution in [0, 0.1) is 13.8 Å². The number of carbonyl (C=O) groups excluding carboxylic acids is 2. The van der Waals surface area contributed by atoms with Gasteiger partial charge in [-0.25, -0.2) is 0 Å². The van der Waals surface area contributed by atoms with Gasteiger partial charge in [0.15, 0.2) is 0 Å². The summed E-state index contributed by atoms with van der Waals surface area (Å²) in [5, 5.41) is 2.92. The molecule has 0 saturated carbocycles. The number of hydrogen-bond donors (Lipinski definition) is 1. The van der Waals surface area contributed by atoms with Crippen molar-refractivity contribution < 1.29 is 14.3 Å². The summed E-state index contributed by atoms with van der Waals surface area (Å²) in [6.45, 7) is 9.63. The SMILES string of the molecule is CC(=O)N(CCC(=O)Nc1ccc(C)cc1C)c1ccccc1OC(C)C. The third-order valence-corrected chi connectivity index (χ3v) is 4.12. The van der Waals surface area contributed by atoms with Gasteiger partial charge in [-0.15, -0.1) is 0 Å². The molecule has 0 bridgehead atoms. The predicted molar refractivity (Wildman–Crippen MR) is 109 cm³/mol. The van der Waals surface area contributed by atoms with E-state index in [1.807, 2.05) is 70.2 Å². The second-order valence-electron chi connectivity index (χ2n) is 6.92. The fourth-order valence-electron chi connectivity index (χ4n) is 2.86. The number of hydrogen-bond acceptors (Lipinski definition) is 3. The number of amides is 2. The number of aryl methyl sites for hydroxylation is 2. The van der Waals surface area contributed by atoms with Crippen molar-refractivity contribution >= 4 is 23.2 Å². The van der Waals surface area contributed by atoms with Gasteiger partial charge in [0.1, 0.15) is 5.75 Å².